The molecule has 2 aromatic carbocycles. The van der Waals surface area contributed by atoms with E-state index in [2.05, 4.69) is 4.98 Å². The topological polar surface area (TPSA) is 33.1 Å². The van der Waals surface area contributed by atoms with Crippen molar-refractivity contribution in [3.63, 3.8) is 0 Å². The summed E-state index contributed by atoms with van der Waals surface area (Å²) in [5.74, 6) is -0.536. The third kappa shape index (κ3) is 2.38. The Labute approximate surface area is 120 Å². The summed E-state index contributed by atoms with van der Waals surface area (Å²) in [4.78, 5) is 4.22. The Kier molecular flexibility index (Phi) is 3.38. The van der Waals surface area contributed by atoms with Crippen molar-refractivity contribution in [1.29, 1.82) is 0 Å². The molecule has 0 aliphatic carbocycles. The first kappa shape index (κ1) is 13.0. The van der Waals surface area contributed by atoms with Crippen LogP contribution in [0.25, 0.3) is 10.9 Å². The van der Waals surface area contributed by atoms with Gasteiger partial charge in [-0.2, -0.15) is 0 Å². The molecule has 1 aromatic heterocycles. The number of rotatable bonds is 2. The Balaban J connectivity index is 2.02. The molecule has 0 saturated heterocycles. The summed E-state index contributed by atoms with van der Waals surface area (Å²) in [6.45, 7) is 0. The van der Waals surface area contributed by atoms with Crippen LogP contribution in [0, 0.1) is 5.82 Å². The first-order chi connectivity index (χ1) is 9.65. The second-order valence-electron chi connectivity index (χ2n) is 4.53. The molecule has 2 nitrogen and oxygen atoms in total. The van der Waals surface area contributed by atoms with Gasteiger partial charge >= 0.3 is 0 Å². The molecule has 1 unspecified atom stereocenters. The zero-order valence-electron chi connectivity index (χ0n) is 10.4. The second-order valence-corrected chi connectivity index (χ2v) is 4.94. The normalized spacial score (nSPS) is 12.6. The van der Waals surface area contributed by atoms with Crippen LogP contribution in [0.2, 0.25) is 5.02 Å². The van der Waals surface area contributed by atoms with Crippen molar-refractivity contribution in [2.24, 2.45) is 0 Å². The molecule has 1 N–H and O–H groups in total. The SMILES string of the molecule is OC(c1ccc(Cl)c(F)c1)c1ccc2ncccc2c1. The minimum atomic E-state index is -0.897. The van der Waals surface area contributed by atoms with Gasteiger partial charge in [0.15, 0.2) is 0 Å². The van der Waals surface area contributed by atoms with Gasteiger partial charge in [-0.3, -0.25) is 4.98 Å². The van der Waals surface area contributed by atoms with Gasteiger partial charge in [-0.25, -0.2) is 4.39 Å². The van der Waals surface area contributed by atoms with Gasteiger partial charge in [0.2, 0.25) is 0 Å². The van der Waals surface area contributed by atoms with Gasteiger partial charge in [-0.05, 0) is 41.5 Å². The quantitative estimate of drug-likeness (QED) is 0.769. The molecule has 0 aliphatic heterocycles. The molecule has 1 atom stereocenters. The Morgan fingerprint density at radius 3 is 2.60 bits per heavy atom. The largest absolute Gasteiger partial charge is 0.384 e. The number of halogens is 2. The molecule has 0 aliphatic rings. The molecule has 4 heteroatoms. The minimum Gasteiger partial charge on any atom is -0.384 e. The lowest BCUT2D eigenvalue weighted by molar-refractivity contribution is 0.220. The highest BCUT2D eigenvalue weighted by atomic mass is 35.5. The third-order valence-electron chi connectivity index (χ3n) is 3.20. The molecule has 100 valence electrons. The lowest BCUT2D eigenvalue weighted by Gasteiger charge is -2.12. The molecule has 20 heavy (non-hydrogen) atoms. The molecule has 3 rings (SSSR count). The molecule has 0 amide bonds. The zero-order valence-corrected chi connectivity index (χ0v) is 11.2. The Morgan fingerprint density at radius 2 is 1.80 bits per heavy atom. The summed E-state index contributed by atoms with van der Waals surface area (Å²) in [5.41, 5.74) is 2.01. The van der Waals surface area contributed by atoms with Crippen molar-refractivity contribution in [1.82, 2.24) is 4.98 Å². The molecular weight excluding hydrogens is 277 g/mol. The maximum Gasteiger partial charge on any atom is 0.142 e. The summed E-state index contributed by atoms with van der Waals surface area (Å²) in [6.07, 6.45) is 0.818. The summed E-state index contributed by atoms with van der Waals surface area (Å²) in [7, 11) is 0. The van der Waals surface area contributed by atoms with E-state index >= 15 is 0 Å². The molecule has 0 bridgehead atoms. The standard InChI is InChI=1S/C16H11ClFNO/c17-13-5-3-12(9-14(13)18)16(20)11-4-6-15-10(8-11)2-1-7-19-15/h1-9,16,20H. The van der Waals surface area contributed by atoms with Crippen LogP contribution in [0.3, 0.4) is 0 Å². The van der Waals surface area contributed by atoms with Crippen molar-refractivity contribution in [2.45, 2.75) is 6.10 Å². The van der Waals surface area contributed by atoms with E-state index < -0.39 is 11.9 Å². The van der Waals surface area contributed by atoms with Gasteiger partial charge in [0.1, 0.15) is 11.9 Å². The van der Waals surface area contributed by atoms with E-state index in [1.165, 1.54) is 12.1 Å². The number of aliphatic hydroxyl groups is 1. The van der Waals surface area contributed by atoms with Gasteiger partial charge < -0.3 is 5.11 Å². The highest BCUT2D eigenvalue weighted by Crippen LogP contribution is 2.27. The van der Waals surface area contributed by atoms with Crippen LogP contribution in [0.5, 0.6) is 0 Å². The molecule has 3 aromatic rings. The monoisotopic (exact) mass is 287 g/mol. The average molecular weight is 288 g/mol. The number of aliphatic hydroxyl groups excluding tert-OH is 1. The fraction of sp³-hybridized carbons (Fsp3) is 0.0625. The molecule has 1 heterocycles. The van der Waals surface area contributed by atoms with Crippen molar-refractivity contribution in [3.8, 4) is 0 Å². The fourth-order valence-corrected chi connectivity index (χ4v) is 2.26. The predicted molar refractivity (Wildman–Crippen MR) is 77.2 cm³/mol. The predicted octanol–water partition coefficient (Wildman–Crippen LogP) is 4.11. The average Bonchev–Trinajstić information content (AvgIpc) is 2.49. The van der Waals surface area contributed by atoms with Gasteiger partial charge in [-0.15, -0.1) is 0 Å². The van der Waals surface area contributed by atoms with E-state index in [9.17, 15) is 9.50 Å². The molecular formula is C16H11ClFNO. The highest BCUT2D eigenvalue weighted by Gasteiger charge is 2.13. The van der Waals surface area contributed by atoms with E-state index in [0.717, 1.165) is 10.9 Å². The lowest BCUT2D eigenvalue weighted by atomic mass is 10.00. The van der Waals surface area contributed by atoms with E-state index in [0.29, 0.717) is 11.1 Å². The summed E-state index contributed by atoms with van der Waals surface area (Å²) in [5, 5.41) is 11.3. The maximum absolute atomic E-state index is 13.5. The number of nitrogens with zero attached hydrogens (tertiary/aromatic N) is 1. The van der Waals surface area contributed by atoms with Crippen LogP contribution >= 0.6 is 11.6 Å². The van der Waals surface area contributed by atoms with Crippen LogP contribution in [0.4, 0.5) is 4.39 Å². The van der Waals surface area contributed by atoms with E-state index in [1.807, 2.05) is 24.3 Å². The Morgan fingerprint density at radius 1 is 1.05 bits per heavy atom. The summed E-state index contributed by atoms with van der Waals surface area (Å²) >= 11 is 5.64. The number of aromatic nitrogens is 1. The smallest absolute Gasteiger partial charge is 0.142 e. The van der Waals surface area contributed by atoms with Crippen LogP contribution in [0.1, 0.15) is 17.2 Å². The van der Waals surface area contributed by atoms with E-state index in [1.54, 1.807) is 18.3 Å². The van der Waals surface area contributed by atoms with Crippen molar-refractivity contribution < 1.29 is 9.50 Å². The number of benzene rings is 2. The molecule has 0 spiro atoms. The van der Waals surface area contributed by atoms with Gasteiger partial charge in [0.25, 0.3) is 0 Å². The first-order valence-corrected chi connectivity index (χ1v) is 6.50. The molecule has 0 radical (unpaired) electrons. The van der Waals surface area contributed by atoms with E-state index in [4.69, 9.17) is 11.6 Å². The van der Waals surface area contributed by atoms with Crippen LogP contribution in [-0.4, -0.2) is 10.1 Å². The van der Waals surface area contributed by atoms with Crippen molar-refractivity contribution >= 4 is 22.5 Å². The van der Waals surface area contributed by atoms with Gasteiger partial charge in [0, 0.05) is 11.6 Å². The summed E-state index contributed by atoms with van der Waals surface area (Å²) in [6, 6.07) is 13.5. The van der Waals surface area contributed by atoms with Gasteiger partial charge in [0.05, 0.1) is 10.5 Å². The van der Waals surface area contributed by atoms with Crippen LogP contribution in [0.15, 0.2) is 54.7 Å². The lowest BCUT2D eigenvalue weighted by Crippen LogP contribution is -2.00. The summed E-state index contributed by atoms with van der Waals surface area (Å²) < 4.78 is 13.5. The first-order valence-electron chi connectivity index (χ1n) is 6.13. The number of pyridine rings is 1. The van der Waals surface area contributed by atoms with E-state index in [-0.39, 0.29) is 5.02 Å². The van der Waals surface area contributed by atoms with Crippen LogP contribution < -0.4 is 0 Å². The Hall–Kier alpha value is -1.97. The minimum absolute atomic E-state index is 0.0451. The zero-order chi connectivity index (χ0) is 14.1. The van der Waals surface area contributed by atoms with Gasteiger partial charge in [-0.1, -0.05) is 29.8 Å². The van der Waals surface area contributed by atoms with Crippen LogP contribution in [-0.2, 0) is 0 Å². The maximum atomic E-state index is 13.5. The van der Waals surface area contributed by atoms with Crippen molar-refractivity contribution in [3.05, 3.63) is 76.7 Å². The molecule has 0 fully saturated rings. The van der Waals surface area contributed by atoms with Crippen molar-refractivity contribution in [2.75, 3.05) is 0 Å². The fourth-order valence-electron chi connectivity index (χ4n) is 2.14. The number of fused-ring (bicyclic) bond motifs is 1. The number of hydrogen-bond acceptors (Lipinski definition) is 2. The third-order valence-corrected chi connectivity index (χ3v) is 3.51. The number of hydrogen-bond donors (Lipinski definition) is 1. The molecule has 0 saturated carbocycles. The second kappa shape index (κ2) is 5.19. The highest BCUT2D eigenvalue weighted by molar-refractivity contribution is 6.30. The Bertz CT molecular complexity index is 775.